The van der Waals surface area contributed by atoms with E-state index in [1.807, 2.05) is 114 Å². The molecule has 4 aliphatic rings. The molecule has 24 nitrogen and oxygen atoms in total. The first-order valence-electron chi connectivity index (χ1n) is 36.5. The molecule has 10 aromatic rings. The van der Waals surface area contributed by atoms with Crippen molar-refractivity contribution in [3.05, 3.63) is 184 Å². The Morgan fingerprint density at radius 2 is 0.845 bits per heavy atom. The normalized spacial score (nSPS) is 16.7. The van der Waals surface area contributed by atoms with Crippen LogP contribution in [0.1, 0.15) is 164 Å². The number of nitrogens with zero attached hydrogens (tertiary/aromatic N) is 14. The highest BCUT2D eigenvalue weighted by atomic mass is 79.9. The van der Waals surface area contributed by atoms with Crippen LogP contribution in [0.4, 0.5) is 58.4 Å². The molecule has 0 unspecified atom stereocenters. The average molecular weight is 1620 g/mol. The Morgan fingerprint density at radius 1 is 0.482 bits per heavy atom. The van der Waals surface area contributed by atoms with Crippen molar-refractivity contribution >= 4 is 50.8 Å². The van der Waals surface area contributed by atoms with E-state index in [1.54, 1.807) is 64.5 Å². The van der Waals surface area contributed by atoms with E-state index >= 15 is 0 Å². The molecule has 2 aromatic carbocycles. The van der Waals surface area contributed by atoms with Gasteiger partial charge in [-0.05, 0) is 116 Å². The van der Waals surface area contributed by atoms with Crippen molar-refractivity contribution in [2.75, 3.05) is 21.3 Å². The fourth-order valence-corrected chi connectivity index (χ4v) is 12.1. The summed E-state index contributed by atoms with van der Waals surface area (Å²) in [5.41, 5.74) is 4.98. The van der Waals surface area contributed by atoms with Crippen LogP contribution in [0.15, 0.2) is 139 Å². The Kier molecular flexibility index (Phi) is 30.4. The molecular weight excluding hydrogens is 1520 g/mol. The fraction of sp³-hybridized carbons (Fsp3) is 0.474. The number of aromatic nitrogens is 16. The number of ether oxygens (including phenoxy) is 3. The molecule has 0 amide bonds. The van der Waals surface area contributed by atoms with Crippen molar-refractivity contribution in [1.82, 2.24) is 79.4 Å². The fourth-order valence-electron chi connectivity index (χ4n) is 11.8. The molecule has 34 heteroatoms. The molecule has 592 valence electrons. The quantitative estimate of drug-likeness (QED) is 0.0249. The van der Waals surface area contributed by atoms with Gasteiger partial charge < -0.3 is 35.5 Å². The number of benzene rings is 2. The summed E-state index contributed by atoms with van der Waals surface area (Å²) in [5.74, 6) is -4.86. The lowest BCUT2D eigenvalue weighted by Crippen LogP contribution is -2.32. The van der Waals surface area contributed by atoms with E-state index in [-0.39, 0.29) is 92.5 Å². The largest absolute Gasteiger partial charge is 0.474 e. The standard InChI is InChI=1S/C21H23F2N5O.C17H23F2N5O.C14H17F2N5O.C11H14ClF2N3.C10H10N2O.C3H7Br/c1-15-13-18(25-17-7-10-21(22,23)11-8-17)26-20(24-15)28-12-9-19(27-28)29-14-16-5-3-2-4-6-16;1-11(2)25-15-6-9-24(23-15)16-20-12(3)10-14(22-16)21-13-4-7-17(18,19)8-5-13;1-9-8-11(18-10-2-5-14(15,16)6-3-10)19-13(17-9)21-7-4-12(22)20-21;1-7-6-9(17-10(12)15-7)16-8-2-4-11(13,14)5-3-8;1-2-4-9(5-3-1)8-13-10-6-7-11-12-10;1-3(2)4/h2-6,9,12-13,17H,7-8,10-11,14H2,1H3,(H,24,25,26);6,9-11,13H,4-5,7-8H2,1-3H3,(H,20,21,22);4,7-8,10H,2-3,5-6H2,1H3,(H,20,22)(H,17,18,19);6,8H,2-5H2,1H3,(H,15,16,17);1-7H,8H2,(H,11,12);3H,1-2H3. The van der Waals surface area contributed by atoms with E-state index < -0.39 is 23.7 Å². The van der Waals surface area contributed by atoms with Crippen LogP contribution in [0.5, 0.6) is 17.6 Å². The minimum atomic E-state index is -2.55. The molecular formula is C76H94BrClF8N20O4. The Hall–Kier alpha value is -9.79. The smallest absolute Gasteiger partial charge is 0.264 e. The number of H-pyrrole nitrogens is 2. The van der Waals surface area contributed by atoms with Gasteiger partial charge >= 0.3 is 0 Å². The van der Waals surface area contributed by atoms with Crippen molar-refractivity contribution in [1.29, 1.82) is 0 Å². The van der Waals surface area contributed by atoms with Gasteiger partial charge in [-0.25, -0.2) is 79.2 Å². The summed E-state index contributed by atoms with van der Waals surface area (Å²) in [6.07, 6.45) is 9.43. The number of anilines is 4. The minimum Gasteiger partial charge on any atom is -0.474 e. The van der Waals surface area contributed by atoms with Crippen LogP contribution in [0, 0.1) is 27.7 Å². The van der Waals surface area contributed by atoms with Gasteiger partial charge in [0.15, 0.2) is 0 Å². The molecule has 0 bridgehead atoms. The van der Waals surface area contributed by atoms with Gasteiger partial charge in [0.25, 0.3) is 23.4 Å². The molecule has 4 saturated carbocycles. The summed E-state index contributed by atoms with van der Waals surface area (Å²) in [7, 11) is 0. The van der Waals surface area contributed by atoms with Gasteiger partial charge in [-0.2, -0.15) is 20.1 Å². The van der Waals surface area contributed by atoms with Crippen LogP contribution in [-0.2, 0) is 13.2 Å². The zero-order chi connectivity index (χ0) is 79.0. The summed E-state index contributed by atoms with van der Waals surface area (Å²) in [4.78, 5) is 46.2. The van der Waals surface area contributed by atoms with Gasteiger partial charge in [0.1, 0.15) is 36.5 Å². The lowest BCUT2D eigenvalue weighted by Gasteiger charge is -2.29. The van der Waals surface area contributed by atoms with Gasteiger partial charge in [0, 0.05) is 170 Å². The SMILES string of the molecule is CC(C)Br.Cc1cc(NC2CCC(F)(F)CC2)nc(-n2ccc(=O)[nH]2)n1.Cc1cc(NC2CCC(F)(F)CC2)nc(-n2ccc(OC(C)C)n2)n1.Cc1cc(NC2CCC(F)(F)CC2)nc(-n2ccc(OCc3ccccc3)n2)n1.Cc1cc(NC2CCC(F)(F)CC2)nc(Cl)n1.c1ccc(COc2ccn[nH]2)cc1. The van der Waals surface area contributed by atoms with E-state index in [2.05, 4.69) is 116 Å². The maximum atomic E-state index is 13.4. The highest BCUT2D eigenvalue weighted by Gasteiger charge is 2.38. The third kappa shape index (κ3) is 29.2. The van der Waals surface area contributed by atoms with Crippen molar-refractivity contribution in [3.8, 4) is 35.5 Å². The molecule has 4 fully saturated rings. The number of alkyl halides is 9. The Bertz CT molecular complexity index is 4440. The molecule has 8 heterocycles. The van der Waals surface area contributed by atoms with E-state index in [4.69, 9.17) is 25.8 Å². The summed E-state index contributed by atoms with van der Waals surface area (Å²) in [6, 6.07) is 33.7. The number of rotatable bonds is 19. The summed E-state index contributed by atoms with van der Waals surface area (Å²) in [6.45, 7) is 16.4. The van der Waals surface area contributed by atoms with Crippen LogP contribution in [0.2, 0.25) is 5.28 Å². The van der Waals surface area contributed by atoms with Gasteiger partial charge in [-0.15, -0.1) is 10.2 Å². The highest BCUT2D eigenvalue weighted by molar-refractivity contribution is 9.09. The molecule has 0 saturated heterocycles. The van der Waals surface area contributed by atoms with E-state index in [1.165, 1.54) is 10.7 Å². The van der Waals surface area contributed by atoms with E-state index in [0.717, 1.165) is 33.9 Å². The molecule has 4 aliphatic carbocycles. The number of hydrogen-bond acceptors (Lipinski definition) is 19. The average Bonchev–Trinajstić information content (AvgIpc) is 1.42. The Morgan fingerprint density at radius 3 is 1.22 bits per heavy atom. The van der Waals surface area contributed by atoms with Crippen LogP contribution < -0.4 is 41.0 Å². The first-order valence-corrected chi connectivity index (χ1v) is 37.8. The maximum absolute atomic E-state index is 13.4. The third-order valence-electron chi connectivity index (χ3n) is 17.3. The molecule has 8 aromatic heterocycles. The number of nitrogens with one attached hydrogen (secondary N) is 6. The molecule has 0 atom stereocenters. The molecule has 14 rings (SSSR count). The topological polar surface area (TPSA) is 281 Å². The summed E-state index contributed by atoms with van der Waals surface area (Å²) >= 11 is 9.00. The molecule has 110 heavy (non-hydrogen) atoms. The number of halogens is 10. The number of hydrogen-bond donors (Lipinski definition) is 6. The number of aromatic amines is 2. The third-order valence-corrected chi connectivity index (χ3v) is 17.5. The van der Waals surface area contributed by atoms with Crippen molar-refractivity contribution in [3.63, 3.8) is 0 Å². The van der Waals surface area contributed by atoms with Crippen LogP contribution in [0.25, 0.3) is 17.8 Å². The van der Waals surface area contributed by atoms with Crippen molar-refractivity contribution < 1.29 is 49.3 Å². The predicted molar refractivity (Wildman–Crippen MR) is 410 cm³/mol. The van der Waals surface area contributed by atoms with Crippen LogP contribution in [-0.4, -0.2) is 138 Å². The number of aryl methyl sites for hydroxylation is 4. The van der Waals surface area contributed by atoms with Crippen LogP contribution >= 0.6 is 27.5 Å². The van der Waals surface area contributed by atoms with E-state index in [0.29, 0.717) is 128 Å². The lowest BCUT2D eigenvalue weighted by molar-refractivity contribution is -0.0366. The monoisotopic (exact) mass is 1620 g/mol. The first-order chi connectivity index (χ1) is 52.3. The van der Waals surface area contributed by atoms with Crippen molar-refractivity contribution in [2.45, 2.75) is 230 Å². The van der Waals surface area contributed by atoms with Crippen LogP contribution in [0.3, 0.4) is 0 Å². The highest BCUT2D eigenvalue weighted by Crippen LogP contribution is 2.38. The molecule has 0 spiro atoms. The van der Waals surface area contributed by atoms with Crippen molar-refractivity contribution in [2.24, 2.45) is 0 Å². The second kappa shape index (κ2) is 39.7. The maximum Gasteiger partial charge on any atom is 0.264 e. The summed E-state index contributed by atoms with van der Waals surface area (Å²) < 4.78 is 127. The Labute approximate surface area is 646 Å². The molecule has 0 radical (unpaired) electrons. The zero-order valence-electron chi connectivity index (χ0n) is 62.6. The van der Waals surface area contributed by atoms with Gasteiger partial charge in [0.05, 0.1) is 12.3 Å². The molecule has 0 aliphatic heterocycles. The lowest BCUT2D eigenvalue weighted by atomic mass is 9.92. The second-order valence-corrected chi connectivity index (χ2v) is 30.0. The first kappa shape index (κ1) is 84.2. The van der Waals surface area contributed by atoms with Gasteiger partial charge in [-0.3, -0.25) is 9.89 Å². The summed E-state index contributed by atoms with van der Waals surface area (Å²) in [5, 5.41) is 30.8. The van der Waals surface area contributed by atoms with Gasteiger partial charge in [0.2, 0.25) is 46.6 Å². The zero-order valence-corrected chi connectivity index (χ0v) is 64.9. The van der Waals surface area contributed by atoms with E-state index in [9.17, 15) is 39.9 Å². The second-order valence-electron chi connectivity index (χ2n) is 27.9. The Balaban J connectivity index is 0.000000159. The predicted octanol–water partition coefficient (Wildman–Crippen LogP) is 17.7. The van der Waals surface area contributed by atoms with Gasteiger partial charge in [-0.1, -0.05) is 90.4 Å². The minimum absolute atomic E-state index is 0.000711. The molecule has 6 N–H and O–H groups in total.